The molecule has 5 nitrogen and oxygen atoms in total. The Balaban J connectivity index is 1.38. The molecule has 0 radical (unpaired) electrons. The van der Waals surface area contributed by atoms with Crippen LogP contribution >= 0.6 is 23.8 Å². The van der Waals surface area contributed by atoms with E-state index in [1.54, 1.807) is 12.1 Å². The molecule has 4 aromatic rings. The van der Waals surface area contributed by atoms with Gasteiger partial charge in [0.2, 0.25) is 11.8 Å². The number of hydrogen-bond donors (Lipinski definition) is 2. The Labute approximate surface area is 203 Å². The highest BCUT2D eigenvalue weighted by Crippen LogP contribution is 2.28. The summed E-state index contributed by atoms with van der Waals surface area (Å²) in [5.74, 6) is 0.849. The molecule has 168 valence electrons. The van der Waals surface area contributed by atoms with Crippen molar-refractivity contribution in [3.05, 3.63) is 82.9 Å². The van der Waals surface area contributed by atoms with E-state index in [0.29, 0.717) is 16.8 Å². The van der Waals surface area contributed by atoms with Crippen LogP contribution in [0.3, 0.4) is 0 Å². The first-order valence-corrected chi connectivity index (χ1v) is 11.6. The van der Waals surface area contributed by atoms with E-state index < -0.39 is 0 Å². The molecule has 0 saturated carbocycles. The van der Waals surface area contributed by atoms with Crippen LogP contribution in [-0.4, -0.2) is 16.0 Å². The van der Waals surface area contributed by atoms with Crippen molar-refractivity contribution in [3.63, 3.8) is 0 Å². The number of nitrogens with zero attached hydrogens (tertiary/aromatic N) is 1. The predicted molar refractivity (Wildman–Crippen MR) is 138 cm³/mol. The van der Waals surface area contributed by atoms with Gasteiger partial charge in [-0.2, -0.15) is 0 Å². The molecule has 1 amide bonds. The molecule has 0 aliphatic carbocycles. The molecule has 4 rings (SSSR count). The number of rotatable bonds is 6. The van der Waals surface area contributed by atoms with Gasteiger partial charge in [0.05, 0.1) is 6.42 Å². The minimum absolute atomic E-state index is 0.199. The number of nitrogens with one attached hydrogen (secondary N) is 2. The van der Waals surface area contributed by atoms with Crippen LogP contribution in [0.15, 0.2) is 71.1 Å². The van der Waals surface area contributed by atoms with E-state index in [0.717, 1.165) is 34.3 Å². The molecule has 0 saturated heterocycles. The number of halogens is 1. The molecule has 7 heteroatoms. The van der Waals surface area contributed by atoms with Crippen LogP contribution in [0.2, 0.25) is 5.02 Å². The van der Waals surface area contributed by atoms with Crippen molar-refractivity contribution in [1.29, 1.82) is 0 Å². The quantitative estimate of drug-likeness (QED) is 0.302. The van der Waals surface area contributed by atoms with Crippen molar-refractivity contribution < 1.29 is 9.21 Å². The van der Waals surface area contributed by atoms with Crippen LogP contribution in [0, 0.1) is 0 Å². The number of oxazole rings is 1. The fourth-order valence-corrected chi connectivity index (χ4v) is 3.78. The summed E-state index contributed by atoms with van der Waals surface area (Å²) in [6.45, 7) is 4.38. The van der Waals surface area contributed by atoms with Crippen molar-refractivity contribution in [1.82, 2.24) is 10.3 Å². The minimum Gasteiger partial charge on any atom is -0.436 e. The van der Waals surface area contributed by atoms with Crippen LogP contribution in [0.4, 0.5) is 5.69 Å². The van der Waals surface area contributed by atoms with E-state index in [-0.39, 0.29) is 17.4 Å². The minimum atomic E-state index is -0.199. The first kappa shape index (κ1) is 23.0. The number of carbonyl (C=O) groups excluding carboxylic acids is 1. The molecule has 33 heavy (non-hydrogen) atoms. The molecule has 0 aliphatic rings. The Morgan fingerprint density at radius 3 is 2.52 bits per heavy atom. The Morgan fingerprint density at radius 1 is 1.09 bits per heavy atom. The normalized spacial score (nSPS) is 11.8. The summed E-state index contributed by atoms with van der Waals surface area (Å²) in [6.07, 6.45) is 1.29. The number of amides is 1. The zero-order valence-corrected chi connectivity index (χ0v) is 20.0. The summed E-state index contributed by atoms with van der Waals surface area (Å²) < 4.78 is 5.94. The van der Waals surface area contributed by atoms with Crippen LogP contribution in [0.25, 0.3) is 22.6 Å². The van der Waals surface area contributed by atoms with Gasteiger partial charge in [0.25, 0.3) is 0 Å². The van der Waals surface area contributed by atoms with E-state index >= 15 is 0 Å². The fraction of sp³-hybridized carbons (Fsp3) is 0.192. The molecule has 3 aromatic carbocycles. The van der Waals surface area contributed by atoms with Crippen molar-refractivity contribution in [2.24, 2.45) is 0 Å². The van der Waals surface area contributed by atoms with Gasteiger partial charge in [-0.15, -0.1) is 0 Å². The lowest BCUT2D eigenvalue weighted by Gasteiger charge is -2.10. The van der Waals surface area contributed by atoms with Crippen molar-refractivity contribution in [3.8, 4) is 11.5 Å². The number of carbonyl (C=O) groups is 1. The van der Waals surface area contributed by atoms with Crippen molar-refractivity contribution in [2.75, 3.05) is 5.32 Å². The maximum Gasteiger partial charge on any atom is 0.230 e. The second kappa shape index (κ2) is 10.1. The van der Waals surface area contributed by atoms with Gasteiger partial charge in [-0.1, -0.05) is 43.6 Å². The maximum absolute atomic E-state index is 12.2. The van der Waals surface area contributed by atoms with Crippen LogP contribution in [0.1, 0.15) is 37.3 Å². The molecule has 0 spiro atoms. The summed E-state index contributed by atoms with van der Waals surface area (Å²) in [6, 6.07) is 20.9. The monoisotopic (exact) mass is 477 g/mol. The average molecular weight is 478 g/mol. The predicted octanol–water partition coefficient (Wildman–Crippen LogP) is 6.72. The second-order valence-corrected chi connectivity index (χ2v) is 8.78. The van der Waals surface area contributed by atoms with E-state index in [1.807, 2.05) is 42.5 Å². The smallest absolute Gasteiger partial charge is 0.230 e. The molecule has 1 aromatic heterocycles. The van der Waals surface area contributed by atoms with Gasteiger partial charge >= 0.3 is 0 Å². The van der Waals surface area contributed by atoms with Crippen LogP contribution in [0.5, 0.6) is 0 Å². The lowest BCUT2D eigenvalue weighted by Crippen LogP contribution is -2.35. The molecular formula is C26H24ClN3O2S. The topological polar surface area (TPSA) is 67.2 Å². The third-order valence-electron chi connectivity index (χ3n) is 5.51. The Bertz CT molecular complexity index is 1280. The van der Waals surface area contributed by atoms with E-state index in [4.69, 9.17) is 28.2 Å². The third kappa shape index (κ3) is 5.78. The Morgan fingerprint density at radius 2 is 1.82 bits per heavy atom. The molecular weight excluding hydrogens is 454 g/mol. The Hall–Kier alpha value is -3.22. The summed E-state index contributed by atoms with van der Waals surface area (Å²) in [4.78, 5) is 16.9. The van der Waals surface area contributed by atoms with Gasteiger partial charge in [-0.05, 0) is 84.2 Å². The Kier molecular flexibility index (Phi) is 7.06. The third-order valence-corrected chi connectivity index (χ3v) is 5.97. The summed E-state index contributed by atoms with van der Waals surface area (Å²) in [5, 5.41) is 6.59. The van der Waals surface area contributed by atoms with Gasteiger partial charge < -0.3 is 15.1 Å². The maximum atomic E-state index is 12.2. The number of fused-ring (bicyclic) bond motifs is 1. The summed E-state index contributed by atoms with van der Waals surface area (Å²) in [7, 11) is 0. The summed E-state index contributed by atoms with van der Waals surface area (Å²) >= 11 is 11.1. The number of aromatic nitrogens is 1. The van der Waals surface area contributed by atoms with Crippen LogP contribution in [-0.2, 0) is 11.2 Å². The molecule has 1 heterocycles. The fourth-order valence-electron chi connectivity index (χ4n) is 3.43. The zero-order valence-electron chi connectivity index (χ0n) is 18.4. The van der Waals surface area contributed by atoms with Gasteiger partial charge in [-0.25, -0.2) is 4.98 Å². The highest BCUT2D eigenvalue weighted by Gasteiger charge is 2.12. The van der Waals surface area contributed by atoms with E-state index in [2.05, 4.69) is 41.6 Å². The largest absolute Gasteiger partial charge is 0.436 e. The van der Waals surface area contributed by atoms with Gasteiger partial charge in [0, 0.05) is 16.3 Å². The highest BCUT2D eigenvalue weighted by molar-refractivity contribution is 7.80. The van der Waals surface area contributed by atoms with Gasteiger partial charge in [0.15, 0.2) is 10.7 Å². The van der Waals surface area contributed by atoms with E-state index in [1.165, 1.54) is 5.56 Å². The first-order chi connectivity index (χ1) is 15.9. The van der Waals surface area contributed by atoms with E-state index in [9.17, 15) is 4.79 Å². The molecule has 0 bridgehead atoms. The number of anilines is 1. The highest BCUT2D eigenvalue weighted by atomic mass is 35.5. The number of thiocarbonyl (C=S) groups is 1. The van der Waals surface area contributed by atoms with Crippen LogP contribution < -0.4 is 10.6 Å². The SMILES string of the molecule is CCC(C)c1ccc2oc(-c3ccc(NC(=S)NC(=O)Cc4ccc(Cl)cc4)cc3)nc2c1. The lowest BCUT2D eigenvalue weighted by molar-refractivity contribution is -0.119. The molecule has 2 N–H and O–H groups in total. The molecule has 0 fully saturated rings. The second-order valence-electron chi connectivity index (χ2n) is 7.94. The van der Waals surface area contributed by atoms with Crippen molar-refractivity contribution in [2.45, 2.75) is 32.6 Å². The average Bonchev–Trinajstić information content (AvgIpc) is 3.23. The van der Waals surface area contributed by atoms with Gasteiger partial charge in [0.1, 0.15) is 5.52 Å². The number of hydrogen-bond acceptors (Lipinski definition) is 4. The number of benzene rings is 3. The summed E-state index contributed by atoms with van der Waals surface area (Å²) in [5.41, 5.74) is 5.36. The molecule has 0 aliphatic heterocycles. The van der Waals surface area contributed by atoms with Crippen molar-refractivity contribution >= 4 is 51.6 Å². The standard InChI is InChI=1S/C26H24ClN3O2S/c1-3-16(2)19-8-13-23-22(15-19)29-25(32-23)18-6-11-21(12-7-18)28-26(33)30-24(31)14-17-4-9-20(27)10-5-17/h4-13,15-16H,3,14H2,1-2H3,(H2,28,30,31,33). The molecule has 1 atom stereocenters. The molecule has 1 unspecified atom stereocenters. The van der Waals surface area contributed by atoms with Gasteiger partial charge in [-0.3, -0.25) is 4.79 Å². The lowest BCUT2D eigenvalue weighted by atomic mass is 9.98. The zero-order chi connectivity index (χ0) is 23.4. The first-order valence-electron chi connectivity index (χ1n) is 10.8.